The van der Waals surface area contributed by atoms with Crippen molar-refractivity contribution in [3.8, 4) is 0 Å². The van der Waals surface area contributed by atoms with Gasteiger partial charge in [0.25, 0.3) is 0 Å². The molecule has 0 aliphatic carbocycles. The van der Waals surface area contributed by atoms with E-state index in [0.29, 0.717) is 18.2 Å². The molecule has 0 aromatic heterocycles. The van der Waals surface area contributed by atoms with Gasteiger partial charge >= 0.3 is 6.18 Å². The SMILES string of the molecule is Cc1ccc(NCCC(C)C)cc1C(F)(F)F. The van der Waals surface area contributed by atoms with E-state index < -0.39 is 11.7 Å². The summed E-state index contributed by atoms with van der Waals surface area (Å²) >= 11 is 0. The van der Waals surface area contributed by atoms with Gasteiger partial charge in [0.1, 0.15) is 0 Å². The summed E-state index contributed by atoms with van der Waals surface area (Å²) in [4.78, 5) is 0. The molecule has 0 spiro atoms. The van der Waals surface area contributed by atoms with Crippen LogP contribution in [0, 0.1) is 12.8 Å². The van der Waals surface area contributed by atoms with Gasteiger partial charge in [0.05, 0.1) is 5.56 Å². The average molecular weight is 245 g/mol. The molecular formula is C13H18F3N. The maximum Gasteiger partial charge on any atom is 0.416 e. The van der Waals surface area contributed by atoms with Crippen molar-refractivity contribution in [2.75, 3.05) is 11.9 Å². The second-order valence-electron chi connectivity index (χ2n) is 4.64. The first kappa shape index (κ1) is 13.9. The van der Waals surface area contributed by atoms with Gasteiger partial charge in [-0.3, -0.25) is 0 Å². The molecule has 0 radical (unpaired) electrons. The fourth-order valence-corrected chi connectivity index (χ4v) is 1.54. The lowest BCUT2D eigenvalue weighted by Gasteiger charge is -2.13. The topological polar surface area (TPSA) is 12.0 Å². The van der Waals surface area contributed by atoms with Gasteiger partial charge in [-0.2, -0.15) is 13.2 Å². The van der Waals surface area contributed by atoms with E-state index in [0.717, 1.165) is 6.42 Å². The molecule has 0 unspecified atom stereocenters. The number of hydrogen-bond donors (Lipinski definition) is 1. The summed E-state index contributed by atoms with van der Waals surface area (Å²) in [5, 5.41) is 3.02. The van der Waals surface area contributed by atoms with E-state index >= 15 is 0 Å². The summed E-state index contributed by atoms with van der Waals surface area (Å²) in [6, 6.07) is 4.36. The Bertz CT molecular complexity index is 369. The molecule has 1 rings (SSSR count). The monoisotopic (exact) mass is 245 g/mol. The number of alkyl halides is 3. The maximum absolute atomic E-state index is 12.7. The third-order valence-electron chi connectivity index (χ3n) is 2.59. The lowest BCUT2D eigenvalue weighted by Crippen LogP contribution is -2.10. The molecule has 0 aliphatic rings. The van der Waals surface area contributed by atoms with Crippen molar-refractivity contribution < 1.29 is 13.2 Å². The predicted molar refractivity (Wildman–Crippen MR) is 64.1 cm³/mol. The van der Waals surface area contributed by atoms with Crippen LogP contribution in [0.4, 0.5) is 18.9 Å². The molecule has 1 nitrogen and oxygen atoms in total. The van der Waals surface area contributed by atoms with E-state index in [4.69, 9.17) is 0 Å². The zero-order valence-electron chi connectivity index (χ0n) is 10.4. The third kappa shape index (κ3) is 4.29. The van der Waals surface area contributed by atoms with Crippen molar-refractivity contribution in [2.24, 2.45) is 5.92 Å². The molecular weight excluding hydrogens is 227 g/mol. The van der Waals surface area contributed by atoms with E-state index in [-0.39, 0.29) is 5.56 Å². The molecule has 0 fully saturated rings. The fourth-order valence-electron chi connectivity index (χ4n) is 1.54. The number of aryl methyl sites for hydroxylation is 1. The summed E-state index contributed by atoms with van der Waals surface area (Å²) in [6.07, 6.45) is -3.34. The van der Waals surface area contributed by atoms with E-state index in [1.165, 1.54) is 19.1 Å². The zero-order chi connectivity index (χ0) is 13.1. The van der Waals surface area contributed by atoms with Gasteiger partial charge in [-0.15, -0.1) is 0 Å². The van der Waals surface area contributed by atoms with Gasteiger partial charge in [-0.05, 0) is 37.0 Å². The number of benzene rings is 1. The van der Waals surface area contributed by atoms with Crippen LogP contribution in [0.5, 0.6) is 0 Å². The minimum absolute atomic E-state index is 0.256. The van der Waals surface area contributed by atoms with Crippen LogP contribution < -0.4 is 5.32 Å². The Morgan fingerprint density at radius 3 is 2.41 bits per heavy atom. The van der Waals surface area contributed by atoms with Crippen molar-refractivity contribution in [1.82, 2.24) is 0 Å². The first-order valence-corrected chi connectivity index (χ1v) is 5.72. The first-order valence-electron chi connectivity index (χ1n) is 5.72. The molecule has 0 bridgehead atoms. The number of nitrogens with one attached hydrogen (secondary N) is 1. The Morgan fingerprint density at radius 1 is 1.24 bits per heavy atom. The largest absolute Gasteiger partial charge is 0.416 e. The summed E-state index contributed by atoms with van der Waals surface area (Å²) in [5.74, 6) is 0.537. The Kier molecular flexibility index (Phi) is 4.43. The lowest BCUT2D eigenvalue weighted by molar-refractivity contribution is -0.138. The molecule has 4 heteroatoms. The normalized spacial score (nSPS) is 11.9. The summed E-state index contributed by atoms with van der Waals surface area (Å²) in [6.45, 7) is 6.33. The summed E-state index contributed by atoms with van der Waals surface area (Å²) in [7, 11) is 0. The van der Waals surface area contributed by atoms with Gasteiger partial charge in [-0.1, -0.05) is 19.9 Å². The number of rotatable bonds is 4. The number of halogens is 3. The molecule has 96 valence electrons. The highest BCUT2D eigenvalue weighted by Gasteiger charge is 2.32. The summed E-state index contributed by atoms with van der Waals surface area (Å²) in [5.41, 5.74) is 0.225. The van der Waals surface area contributed by atoms with Gasteiger partial charge in [0.2, 0.25) is 0 Å². The second-order valence-corrected chi connectivity index (χ2v) is 4.64. The van der Waals surface area contributed by atoms with Crippen molar-refractivity contribution >= 4 is 5.69 Å². The van der Waals surface area contributed by atoms with Gasteiger partial charge < -0.3 is 5.32 Å². The number of anilines is 1. The fraction of sp³-hybridized carbons (Fsp3) is 0.538. The second kappa shape index (κ2) is 5.43. The van der Waals surface area contributed by atoms with Crippen LogP contribution in [0.25, 0.3) is 0 Å². The van der Waals surface area contributed by atoms with Crippen molar-refractivity contribution in [1.29, 1.82) is 0 Å². The Morgan fingerprint density at radius 2 is 1.88 bits per heavy atom. The van der Waals surface area contributed by atoms with Crippen LogP contribution in [-0.4, -0.2) is 6.54 Å². The van der Waals surface area contributed by atoms with Crippen LogP contribution in [0.2, 0.25) is 0 Å². The number of hydrogen-bond acceptors (Lipinski definition) is 1. The standard InChI is InChI=1S/C13H18F3N/c1-9(2)6-7-17-11-5-4-10(3)12(8-11)13(14,15)16/h4-5,8-9,17H,6-7H2,1-3H3. The molecule has 1 N–H and O–H groups in total. The molecule has 1 aromatic rings. The Balaban J connectivity index is 2.76. The van der Waals surface area contributed by atoms with Crippen molar-refractivity contribution in [3.63, 3.8) is 0 Å². The Hall–Kier alpha value is -1.19. The maximum atomic E-state index is 12.7. The third-order valence-corrected chi connectivity index (χ3v) is 2.59. The molecule has 0 heterocycles. The minimum Gasteiger partial charge on any atom is -0.385 e. The van der Waals surface area contributed by atoms with Crippen LogP contribution >= 0.6 is 0 Å². The smallest absolute Gasteiger partial charge is 0.385 e. The Labute approximate surface area is 100 Å². The van der Waals surface area contributed by atoms with Crippen molar-refractivity contribution in [2.45, 2.75) is 33.4 Å². The molecule has 0 aliphatic heterocycles. The van der Waals surface area contributed by atoms with E-state index in [9.17, 15) is 13.2 Å². The lowest BCUT2D eigenvalue weighted by atomic mass is 10.1. The van der Waals surface area contributed by atoms with E-state index in [2.05, 4.69) is 19.2 Å². The molecule has 0 saturated carbocycles. The molecule has 0 saturated heterocycles. The van der Waals surface area contributed by atoms with Crippen molar-refractivity contribution in [3.05, 3.63) is 29.3 Å². The van der Waals surface area contributed by atoms with Gasteiger partial charge in [0.15, 0.2) is 0 Å². The highest BCUT2D eigenvalue weighted by molar-refractivity contribution is 5.49. The van der Waals surface area contributed by atoms with Crippen LogP contribution in [0.1, 0.15) is 31.4 Å². The molecule has 1 aromatic carbocycles. The first-order chi connectivity index (χ1) is 7.80. The molecule has 0 atom stereocenters. The quantitative estimate of drug-likeness (QED) is 0.825. The highest BCUT2D eigenvalue weighted by Crippen LogP contribution is 2.33. The van der Waals surface area contributed by atoms with Gasteiger partial charge in [0, 0.05) is 12.2 Å². The minimum atomic E-state index is -4.28. The zero-order valence-corrected chi connectivity index (χ0v) is 10.4. The summed E-state index contributed by atoms with van der Waals surface area (Å²) < 4.78 is 38.0. The predicted octanol–water partition coefficient (Wildman–Crippen LogP) is 4.47. The molecule has 17 heavy (non-hydrogen) atoms. The average Bonchev–Trinajstić information content (AvgIpc) is 2.18. The van der Waals surface area contributed by atoms with E-state index in [1.807, 2.05) is 0 Å². The molecule has 0 amide bonds. The van der Waals surface area contributed by atoms with Crippen LogP contribution in [0.3, 0.4) is 0 Å². The highest BCUT2D eigenvalue weighted by atomic mass is 19.4. The van der Waals surface area contributed by atoms with E-state index in [1.54, 1.807) is 6.07 Å². The van der Waals surface area contributed by atoms with Gasteiger partial charge in [-0.25, -0.2) is 0 Å². The van der Waals surface area contributed by atoms with Crippen LogP contribution in [-0.2, 0) is 6.18 Å². The van der Waals surface area contributed by atoms with Crippen LogP contribution in [0.15, 0.2) is 18.2 Å².